The zero-order valence-electron chi connectivity index (χ0n) is 15.6. The monoisotopic (exact) mass is 412 g/mol. The molecule has 0 spiro atoms. The van der Waals surface area contributed by atoms with E-state index < -0.39 is 0 Å². The third kappa shape index (κ3) is 3.89. The Morgan fingerprint density at radius 1 is 1.21 bits per heavy atom. The van der Waals surface area contributed by atoms with Crippen molar-refractivity contribution in [3.05, 3.63) is 92.1 Å². The molecule has 4 rings (SSSR count). The molecule has 0 bridgehead atoms. The molecule has 0 saturated heterocycles. The van der Waals surface area contributed by atoms with Crippen LogP contribution in [0.25, 0.3) is 0 Å². The van der Waals surface area contributed by atoms with Crippen molar-refractivity contribution >= 4 is 23.2 Å². The molecule has 7 heteroatoms. The van der Waals surface area contributed by atoms with E-state index in [-0.39, 0.29) is 23.2 Å². The molecule has 1 amide bonds. The quantitative estimate of drug-likeness (QED) is 0.658. The molecule has 0 aliphatic carbocycles. The summed E-state index contributed by atoms with van der Waals surface area (Å²) < 4.78 is 19.2. The van der Waals surface area contributed by atoms with E-state index in [1.807, 2.05) is 13.0 Å². The lowest BCUT2D eigenvalue weighted by Crippen LogP contribution is -2.21. The van der Waals surface area contributed by atoms with Crippen molar-refractivity contribution in [3.63, 3.8) is 0 Å². The van der Waals surface area contributed by atoms with Crippen LogP contribution in [0, 0.1) is 12.7 Å². The summed E-state index contributed by atoms with van der Waals surface area (Å²) in [6, 6.07) is 10.9. The summed E-state index contributed by atoms with van der Waals surface area (Å²) in [5, 5.41) is 3.22. The molecule has 148 valence electrons. The number of aromatic nitrogens is 1. The molecule has 3 aromatic rings. The summed E-state index contributed by atoms with van der Waals surface area (Å²) in [6.07, 6.45) is 2.11. The zero-order chi connectivity index (χ0) is 20.5. The van der Waals surface area contributed by atoms with Crippen LogP contribution in [0.15, 0.2) is 53.5 Å². The summed E-state index contributed by atoms with van der Waals surface area (Å²) in [5.41, 5.74) is 2.92. The highest BCUT2D eigenvalue weighted by Gasteiger charge is 2.28. The van der Waals surface area contributed by atoms with Crippen LogP contribution in [0.2, 0.25) is 5.02 Å². The number of rotatable bonds is 3. The van der Waals surface area contributed by atoms with Crippen molar-refractivity contribution in [2.45, 2.75) is 19.3 Å². The highest BCUT2D eigenvalue weighted by Crippen LogP contribution is 2.41. The van der Waals surface area contributed by atoms with Crippen LogP contribution in [0.3, 0.4) is 0 Å². The van der Waals surface area contributed by atoms with Gasteiger partial charge in [0, 0.05) is 46.1 Å². The van der Waals surface area contributed by atoms with E-state index in [0.29, 0.717) is 35.1 Å². The van der Waals surface area contributed by atoms with Crippen LogP contribution in [-0.4, -0.2) is 17.5 Å². The molecule has 1 atom stereocenters. The number of nitrogens with one attached hydrogen (secondary N) is 2. The van der Waals surface area contributed by atoms with Gasteiger partial charge in [-0.2, -0.15) is 0 Å². The Hall–Kier alpha value is -3.12. The number of carbonyl (C=O) groups excluding carboxylic acids is 1. The number of pyridine rings is 1. The molecule has 1 aromatic heterocycles. The maximum absolute atomic E-state index is 13.6. The molecule has 1 unspecified atom stereocenters. The molecule has 0 radical (unpaired) electrons. The predicted molar refractivity (Wildman–Crippen MR) is 110 cm³/mol. The maximum Gasteiger partial charge on any atom is 0.256 e. The number of aromatic amines is 1. The molecule has 2 aromatic carbocycles. The number of anilines is 1. The Morgan fingerprint density at radius 2 is 2.03 bits per heavy atom. The number of halogens is 2. The van der Waals surface area contributed by atoms with Crippen molar-refractivity contribution < 1.29 is 13.9 Å². The van der Waals surface area contributed by atoms with Crippen LogP contribution in [-0.2, 0) is 0 Å². The van der Waals surface area contributed by atoms with Crippen molar-refractivity contribution in [1.29, 1.82) is 0 Å². The van der Waals surface area contributed by atoms with E-state index in [1.54, 1.807) is 18.2 Å². The van der Waals surface area contributed by atoms with Gasteiger partial charge in [0.1, 0.15) is 11.6 Å². The van der Waals surface area contributed by atoms with Crippen molar-refractivity contribution in [3.8, 4) is 5.75 Å². The molecule has 2 N–H and O–H groups in total. The summed E-state index contributed by atoms with van der Waals surface area (Å²) in [5.74, 6) is -0.406. The van der Waals surface area contributed by atoms with Gasteiger partial charge in [0.25, 0.3) is 5.91 Å². The van der Waals surface area contributed by atoms with Crippen molar-refractivity contribution in [2.24, 2.45) is 0 Å². The topological polar surface area (TPSA) is 71.2 Å². The smallest absolute Gasteiger partial charge is 0.256 e. The maximum atomic E-state index is 13.6. The van der Waals surface area contributed by atoms with Gasteiger partial charge in [-0.1, -0.05) is 23.7 Å². The molecule has 1 aliphatic heterocycles. The lowest BCUT2D eigenvalue weighted by molar-refractivity contribution is 0.102. The van der Waals surface area contributed by atoms with Gasteiger partial charge in [-0.3, -0.25) is 9.59 Å². The fraction of sp³-hybridized carbons (Fsp3) is 0.182. The third-order valence-corrected chi connectivity index (χ3v) is 5.41. The van der Waals surface area contributed by atoms with E-state index in [1.165, 1.54) is 24.4 Å². The minimum Gasteiger partial charge on any atom is -0.493 e. The molecule has 0 saturated carbocycles. The fourth-order valence-corrected chi connectivity index (χ4v) is 3.76. The van der Waals surface area contributed by atoms with E-state index in [9.17, 15) is 14.0 Å². The Bertz CT molecular complexity index is 1160. The number of H-pyrrole nitrogens is 1. The second-order valence-electron chi connectivity index (χ2n) is 6.96. The van der Waals surface area contributed by atoms with E-state index in [2.05, 4.69) is 10.3 Å². The van der Waals surface area contributed by atoms with Crippen LogP contribution >= 0.6 is 11.6 Å². The number of benzene rings is 2. The van der Waals surface area contributed by atoms with Crippen molar-refractivity contribution in [2.75, 3.05) is 11.9 Å². The first kappa shape index (κ1) is 19.2. The minimum absolute atomic E-state index is 0.143. The third-order valence-electron chi connectivity index (χ3n) is 5.00. The Kier molecular flexibility index (Phi) is 5.11. The minimum atomic E-state index is -0.373. The number of ether oxygens (including phenoxy) is 1. The highest BCUT2D eigenvalue weighted by molar-refractivity contribution is 6.31. The molecule has 2 heterocycles. The van der Waals surface area contributed by atoms with Gasteiger partial charge in [-0.15, -0.1) is 0 Å². The zero-order valence-corrected chi connectivity index (χ0v) is 16.3. The first-order chi connectivity index (χ1) is 13.9. The van der Waals surface area contributed by atoms with Gasteiger partial charge >= 0.3 is 0 Å². The number of amides is 1. The number of carbonyl (C=O) groups is 1. The normalized spacial score (nSPS) is 15.3. The average molecular weight is 413 g/mol. The van der Waals surface area contributed by atoms with E-state index in [0.717, 1.165) is 16.7 Å². The van der Waals surface area contributed by atoms with Crippen LogP contribution < -0.4 is 15.6 Å². The second kappa shape index (κ2) is 7.72. The first-order valence-corrected chi connectivity index (χ1v) is 9.52. The molecule has 29 heavy (non-hydrogen) atoms. The SMILES string of the molecule is Cc1cc(C2CCOc3cc(F)ccc32)c(C(=O)Nc2cc[nH]c(=O)c2)cc1Cl. The Morgan fingerprint density at radius 3 is 2.83 bits per heavy atom. The molecule has 5 nitrogen and oxygen atoms in total. The van der Waals surface area contributed by atoms with Gasteiger partial charge in [0.05, 0.1) is 6.61 Å². The molecular formula is C22H18ClFN2O3. The van der Waals surface area contributed by atoms with Gasteiger partial charge < -0.3 is 15.0 Å². The predicted octanol–water partition coefficient (Wildman–Crippen LogP) is 4.64. The average Bonchev–Trinajstić information content (AvgIpc) is 2.69. The summed E-state index contributed by atoms with van der Waals surface area (Å²) in [7, 11) is 0. The van der Waals surface area contributed by atoms with E-state index >= 15 is 0 Å². The summed E-state index contributed by atoms with van der Waals surface area (Å²) in [6.45, 7) is 2.28. The van der Waals surface area contributed by atoms with Gasteiger partial charge in [-0.05, 0) is 42.7 Å². The summed E-state index contributed by atoms with van der Waals surface area (Å²) >= 11 is 6.31. The molecule has 0 fully saturated rings. The second-order valence-corrected chi connectivity index (χ2v) is 7.36. The number of aryl methyl sites for hydroxylation is 1. The Labute approximate surface area is 171 Å². The first-order valence-electron chi connectivity index (χ1n) is 9.15. The fourth-order valence-electron chi connectivity index (χ4n) is 3.60. The Balaban J connectivity index is 1.78. The van der Waals surface area contributed by atoms with Crippen LogP contribution in [0.1, 0.15) is 39.4 Å². The molecule has 1 aliphatic rings. The lowest BCUT2D eigenvalue weighted by atomic mass is 9.83. The van der Waals surface area contributed by atoms with Gasteiger partial charge in [-0.25, -0.2) is 4.39 Å². The lowest BCUT2D eigenvalue weighted by Gasteiger charge is -2.28. The van der Waals surface area contributed by atoms with E-state index in [4.69, 9.17) is 16.3 Å². The molecular weight excluding hydrogens is 395 g/mol. The van der Waals surface area contributed by atoms with Crippen LogP contribution in [0.5, 0.6) is 5.75 Å². The number of hydrogen-bond acceptors (Lipinski definition) is 3. The van der Waals surface area contributed by atoms with Gasteiger partial charge in [0.15, 0.2) is 0 Å². The van der Waals surface area contributed by atoms with Crippen molar-refractivity contribution in [1.82, 2.24) is 4.98 Å². The highest BCUT2D eigenvalue weighted by atomic mass is 35.5. The largest absolute Gasteiger partial charge is 0.493 e. The standard InChI is InChI=1S/C22H18ClFN2O3/c1-12-8-17(15-5-7-29-20-9-13(24)2-3-16(15)20)18(11-19(12)23)22(28)26-14-4-6-25-21(27)10-14/h2-4,6,8-11,15H,5,7H2,1H3,(H2,25,26,27,28). The number of hydrogen-bond donors (Lipinski definition) is 2. The summed E-state index contributed by atoms with van der Waals surface area (Å²) in [4.78, 5) is 27.1. The van der Waals surface area contributed by atoms with Gasteiger partial charge in [0.2, 0.25) is 5.56 Å². The number of fused-ring (bicyclic) bond motifs is 1. The van der Waals surface area contributed by atoms with Crippen LogP contribution in [0.4, 0.5) is 10.1 Å².